The highest BCUT2D eigenvalue weighted by atomic mass is 35.5. The summed E-state index contributed by atoms with van der Waals surface area (Å²) in [4.78, 5) is 8.68. The summed E-state index contributed by atoms with van der Waals surface area (Å²) in [6.07, 6.45) is 1.57. The molecule has 0 saturated carbocycles. The van der Waals surface area contributed by atoms with Gasteiger partial charge in [-0.2, -0.15) is 4.98 Å². The van der Waals surface area contributed by atoms with Gasteiger partial charge >= 0.3 is 0 Å². The molecule has 0 radical (unpaired) electrons. The van der Waals surface area contributed by atoms with Crippen molar-refractivity contribution in [3.05, 3.63) is 46.2 Å². The Hall–Kier alpha value is -1.85. The number of methoxy groups -OCH3 is 2. The molecule has 1 heterocycles. The van der Waals surface area contributed by atoms with E-state index in [0.29, 0.717) is 22.5 Å². The van der Waals surface area contributed by atoms with Crippen LogP contribution in [-0.4, -0.2) is 31.2 Å². The molecule has 2 rings (SSSR count). The summed E-state index contributed by atoms with van der Waals surface area (Å²) in [6, 6.07) is 5.70. The van der Waals surface area contributed by atoms with E-state index in [0.717, 1.165) is 11.1 Å². The van der Waals surface area contributed by atoms with E-state index in [-0.39, 0.29) is 6.04 Å². The average molecular weight is 308 g/mol. The Kier molecular flexibility index (Phi) is 4.98. The van der Waals surface area contributed by atoms with Crippen molar-refractivity contribution in [2.45, 2.75) is 13.0 Å². The molecular formula is C15H18ClN3O2. The quantitative estimate of drug-likeness (QED) is 0.920. The second kappa shape index (κ2) is 6.74. The zero-order chi connectivity index (χ0) is 15.4. The number of aryl methyl sites for hydroxylation is 1. The van der Waals surface area contributed by atoms with Gasteiger partial charge in [-0.05, 0) is 37.2 Å². The second-order valence-electron chi connectivity index (χ2n) is 4.59. The largest absolute Gasteiger partial charge is 0.480 e. The van der Waals surface area contributed by atoms with Crippen molar-refractivity contribution in [3.63, 3.8) is 0 Å². The standard InChI is InChI=1S/C15H18ClN3O2/c1-9-5-10(7-11(16)6-9)13(17-2)14-15(21-4)19-12(20-3)8-18-14/h5-8,13,17H,1-4H3. The monoisotopic (exact) mass is 307 g/mol. The van der Waals surface area contributed by atoms with Gasteiger partial charge in [-0.25, -0.2) is 4.98 Å². The first-order valence-corrected chi connectivity index (χ1v) is 6.86. The Morgan fingerprint density at radius 3 is 2.52 bits per heavy atom. The van der Waals surface area contributed by atoms with E-state index in [1.54, 1.807) is 20.4 Å². The molecule has 112 valence electrons. The normalized spacial score (nSPS) is 12.0. The molecule has 1 aromatic heterocycles. The van der Waals surface area contributed by atoms with Crippen molar-refractivity contribution >= 4 is 11.6 Å². The maximum absolute atomic E-state index is 6.14. The number of ether oxygens (including phenoxy) is 2. The lowest BCUT2D eigenvalue weighted by Gasteiger charge is -2.19. The van der Waals surface area contributed by atoms with Crippen LogP contribution in [0.1, 0.15) is 22.9 Å². The molecule has 1 aromatic carbocycles. The first-order chi connectivity index (χ1) is 10.1. The number of rotatable bonds is 5. The summed E-state index contributed by atoms with van der Waals surface area (Å²) in [5.41, 5.74) is 2.76. The lowest BCUT2D eigenvalue weighted by molar-refractivity contribution is 0.353. The van der Waals surface area contributed by atoms with Crippen LogP contribution < -0.4 is 14.8 Å². The highest BCUT2D eigenvalue weighted by molar-refractivity contribution is 6.30. The molecular weight excluding hydrogens is 290 g/mol. The number of hydrogen-bond acceptors (Lipinski definition) is 5. The number of halogens is 1. The van der Waals surface area contributed by atoms with Gasteiger partial charge in [-0.1, -0.05) is 17.7 Å². The molecule has 21 heavy (non-hydrogen) atoms. The minimum atomic E-state index is -0.171. The van der Waals surface area contributed by atoms with Crippen LogP contribution in [0.25, 0.3) is 0 Å². The van der Waals surface area contributed by atoms with Gasteiger partial charge in [0, 0.05) is 5.02 Å². The lowest BCUT2D eigenvalue weighted by atomic mass is 10.0. The second-order valence-corrected chi connectivity index (χ2v) is 5.03. The average Bonchev–Trinajstić information content (AvgIpc) is 2.47. The van der Waals surface area contributed by atoms with Crippen LogP contribution in [0.4, 0.5) is 0 Å². The van der Waals surface area contributed by atoms with Gasteiger partial charge in [-0.15, -0.1) is 0 Å². The number of aromatic nitrogens is 2. The highest BCUT2D eigenvalue weighted by Gasteiger charge is 2.21. The van der Waals surface area contributed by atoms with Gasteiger partial charge in [0.2, 0.25) is 11.8 Å². The van der Waals surface area contributed by atoms with Crippen molar-refractivity contribution in [1.82, 2.24) is 15.3 Å². The molecule has 0 aliphatic carbocycles. The molecule has 6 heteroatoms. The zero-order valence-corrected chi connectivity index (χ0v) is 13.2. The topological polar surface area (TPSA) is 56.3 Å². The van der Waals surface area contributed by atoms with Crippen LogP contribution in [-0.2, 0) is 0 Å². The predicted octanol–water partition coefficient (Wildman–Crippen LogP) is 2.76. The van der Waals surface area contributed by atoms with E-state index in [2.05, 4.69) is 21.4 Å². The zero-order valence-electron chi connectivity index (χ0n) is 12.5. The Morgan fingerprint density at radius 1 is 1.19 bits per heavy atom. The molecule has 1 atom stereocenters. The van der Waals surface area contributed by atoms with E-state index in [1.807, 2.05) is 26.1 Å². The van der Waals surface area contributed by atoms with Gasteiger partial charge in [0.1, 0.15) is 5.69 Å². The molecule has 0 amide bonds. The summed E-state index contributed by atoms with van der Waals surface area (Å²) in [5, 5.41) is 3.91. The Labute approximate surface area is 129 Å². The van der Waals surface area contributed by atoms with Gasteiger partial charge in [0.05, 0.1) is 26.5 Å². The molecule has 0 aliphatic heterocycles. The molecule has 2 aromatic rings. The van der Waals surface area contributed by atoms with Crippen LogP contribution >= 0.6 is 11.6 Å². The fourth-order valence-corrected chi connectivity index (χ4v) is 2.50. The molecule has 0 bridgehead atoms. The maximum atomic E-state index is 6.14. The fraction of sp³-hybridized carbons (Fsp3) is 0.333. The molecule has 1 unspecified atom stereocenters. The van der Waals surface area contributed by atoms with Crippen LogP contribution in [0.3, 0.4) is 0 Å². The van der Waals surface area contributed by atoms with E-state index in [4.69, 9.17) is 21.1 Å². The van der Waals surface area contributed by atoms with Crippen molar-refractivity contribution in [3.8, 4) is 11.8 Å². The van der Waals surface area contributed by atoms with E-state index in [1.165, 1.54) is 0 Å². The van der Waals surface area contributed by atoms with Crippen molar-refractivity contribution < 1.29 is 9.47 Å². The van der Waals surface area contributed by atoms with E-state index in [9.17, 15) is 0 Å². The molecule has 0 fully saturated rings. The third kappa shape index (κ3) is 3.43. The van der Waals surface area contributed by atoms with Crippen LogP contribution in [0.2, 0.25) is 5.02 Å². The minimum Gasteiger partial charge on any atom is -0.480 e. The van der Waals surface area contributed by atoms with Crippen molar-refractivity contribution in [1.29, 1.82) is 0 Å². The van der Waals surface area contributed by atoms with Gasteiger partial charge in [0.25, 0.3) is 0 Å². The van der Waals surface area contributed by atoms with Gasteiger partial charge in [0.15, 0.2) is 0 Å². The first kappa shape index (κ1) is 15.5. The summed E-state index contributed by atoms with van der Waals surface area (Å²) < 4.78 is 10.4. The maximum Gasteiger partial charge on any atom is 0.240 e. The Morgan fingerprint density at radius 2 is 1.95 bits per heavy atom. The summed E-state index contributed by atoms with van der Waals surface area (Å²) in [7, 11) is 4.95. The van der Waals surface area contributed by atoms with Gasteiger partial charge in [-0.3, -0.25) is 0 Å². The predicted molar refractivity (Wildman–Crippen MR) is 82.2 cm³/mol. The molecule has 1 N–H and O–H groups in total. The smallest absolute Gasteiger partial charge is 0.240 e. The van der Waals surface area contributed by atoms with Crippen LogP contribution in [0, 0.1) is 6.92 Å². The third-order valence-corrected chi connectivity index (χ3v) is 3.33. The van der Waals surface area contributed by atoms with E-state index >= 15 is 0 Å². The number of hydrogen-bond donors (Lipinski definition) is 1. The number of nitrogens with one attached hydrogen (secondary N) is 1. The molecule has 0 aliphatic rings. The molecule has 5 nitrogen and oxygen atoms in total. The van der Waals surface area contributed by atoms with Gasteiger partial charge < -0.3 is 14.8 Å². The summed E-state index contributed by atoms with van der Waals surface area (Å²) in [5.74, 6) is 0.832. The fourth-order valence-electron chi connectivity index (χ4n) is 2.21. The van der Waals surface area contributed by atoms with E-state index < -0.39 is 0 Å². The highest BCUT2D eigenvalue weighted by Crippen LogP contribution is 2.30. The first-order valence-electron chi connectivity index (χ1n) is 6.48. The lowest BCUT2D eigenvalue weighted by Crippen LogP contribution is -2.20. The Bertz CT molecular complexity index is 614. The number of benzene rings is 1. The molecule has 0 spiro atoms. The van der Waals surface area contributed by atoms with Crippen LogP contribution in [0.15, 0.2) is 24.4 Å². The number of nitrogens with zero attached hydrogens (tertiary/aromatic N) is 2. The van der Waals surface area contributed by atoms with Crippen molar-refractivity contribution in [2.24, 2.45) is 0 Å². The van der Waals surface area contributed by atoms with Crippen LogP contribution in [0.5, 0.6) is 11.8 Å². The third-order valence-electron chi connectivity index (χ3n) is 3.11. The summed E-state index contributed by atoms with van der Waals surface area (Å²) in [6.45, 7) is 2.00. The summed E-state index contributed by atoms with van der Waals surface area (Å²) >= 11 is 6.14. The SMILES string of the molecule is CNC(c1cc(C)cc(Cl)c1)c1ncc(OC)nc1OC. The molecule has 0 saturated heterocycles. The van der Waals surface area contributed by atoms with Crippen molar-refractivity contribution in [2.75, 3.05) is 21.3 Å². The Balaban J connectivity index is 2.50. The minimum absolute atomic E-state index is 0.171.